The van der Waals surface area contributed by atoms with Crippen LogP contribution in [0.25, 0.3) is 0 Å². The summed E-state index contributed by atoms with van der Waals surface area (Å²) in [7, 11) is 0. The smallest absolute Gasteiger partial charge is 0.254 e. The molecule has 2 heterocycles. The van der Waals surface area contributed by atoms with Crippen molar-refractivity contribution >= 4 is 23.5 Å². The monoisotopic (exact) mass is 307 g/mol. The van der Waals surface area contributed by atoms with Crippen LogP contribution in [0.2, 0.25) is 0 Å². The van der Waals surface area contributed by atoms with Crippen molar-refractivity contribution in [1.82, 2.24) is 9.88 Å². The number of hydrogen-bond donors (Lipinski definition) is 1. The van der Waals surface area contributed by atoms with Gasteiger partial charge in [0, 0.05) is 41.9 Å². The number of aromatic nitrogens is 1. The van der Waals surface area contributed by atoms with Crippen molar-refractivity contribution in [2.45, 2.75) is 38.9 Å². The van der Waals surface area contributed by atoms with E-state index >= 15 is 0 Å². The summed E-state index contributed by atoms with van der Waals surface area (Å²) < 4.78 is 0. The Morgan fingerprint density at radius 3 is 2.95 bits per heavy atom. The fraction of sp³-hybridized carbons (Fsp3) is 0.625. The SMILES string of the molecule is CCCc1cc(C(=O)N2CCSC(C)C2)cc(NCC)n1. The number of nitrogens with one attached hydrogen (secondary N) is 1. The second-order valence-electron chi connectivity index (χ2n) is 5.45. The van der Waals surface area contributed by atoms with Gasteiger partial charge in [0.25, 0.3) is 5.91 Å². The summed E-state index contributed by atoms with van der Waals surface area (Å²) in [5.74, 6) is 1.98. The van der Waals surface area contributed by atoms with Gasteiger partial charge < -0.3 is 10.2 Å². The molecule has 1 saturated heterocycles. The molecule has 1 aliphatic heterocycles. The molecule has 1 amide bonds. The van der Waals surface area contributed by atoms with Gasteiger partial charge in [-0.1, -0.05) is 20.3 Å². The summed E-state index contributed by atoms with van der Waals surface area (Å²) >= 11 is 1.94. The van der Waals surface area contributed by atoms with Gasteiger partial charge in [0.05, 0.1) is 0 Å². The zero-order valence-corrected chi connectivity index (χ0v) is 14.0. The van der Waals surface area contributed by atoms with Gasteiger partial charge in [-0.25, -0.2) is 4.98 Å². The molecule has 5 heteroatoms. The highest BCUT2D eigenvalue weighted by Gasteiger charge is 2.23. The zero-order chi connectivity index (χ0) is 15.2. The van der Waals surface area contributed by atoms with Crippen LogP contribution in [0.3, 0.4) is 0 Å². The molecule has 0 radical (unpaired) electrons. The van der Waals surface area contributed by atoms with Gasteiger partial charge in [-0.3, -0.25) is 4.79 Å². The summed E-state index contributed by atoms with van der Waals surface area (Å²) in [6.07, 6.45) is 1.94. The highest BCUT2D eigenvalue weighted by atomic mass is 32.2. The molecule has 1 aromatic heterocycles. The third-order valence-corrected chi connectivity index (χ3v) is 4.65. The molecule has 2 rings (SSSR count). The predicted molar refractivity (Wildman–Crippen MR) is 90.2 cm³/mol. The van der Waals surface area contributed by atoms with Crippen molar-refractivity contribution in [1.29, 1.82) is 0 Å². The molecule has 1 fully saturated rings. The standard InChI is InChI=1S/C16H25N3OS/c1-4-6-14-9-13(10-15(18-14)17-5-2)16(20)19-7-8-21-12(3)11-19/h9-10,12H,4-8,11H2,1-3H3,(H,17,18). The Labute approximate surface area is 131 Å². The third kappa shape index (κ3) is 4.37. The molecule has 1 aromatic rings. The predicted octanol–water partition coefficient (Wildman–Crippen LogP) is 3.04. The Kier molecular flexibility index (Phi) is 5.91. The minimum Gasteiger partial charge on any atom is -0.370 e. The van der Waals surface area contributed by atoms with Gasteiger partial charge >= 0.3 is 0 Å². The van der Waals surface area contributed by atoms with Crippen molar-refractivity contribution in [3.05, 3.63) is 23.4 Å². The summed E-state index contributed by atoms with van der Waals surface area (Å²) in [6, 6.07) is 3.84. The van der Waals surface area contributed by atoms with Crippen LogP contribution < -0.4 is 5.32 Å². The largest absolute Gasteiger partial charge is 0.370 e. The van der Waals surface area contributed by atoms with Crippen molar-refractivity contribution in [3.8, 4) is 0 Å². The molecule has 4 nitrogen and oxygen atoms in total. The first-order chi connectivity index (χ1) is 10.1. The molecule has 1 unspecified atom stereocenters. The van der Waals surface area contributed by atoms with Crippen LogP contribution in [0, 0.1) is 0 Å². The highest BCUT2D eigenvalue weighted by Crippen LogP contribution is 2.21. The quantitative estimate of drug-likeness (QED) is 0.908. The first kappa shape index (κ1) is 16.1. The van der Waals surface area contributed by atoms with Crippen LogP contribution in [0.15, 0.2) is 12.1 Å². The van der Waals surface area contributed by atoms with Crippen LogP contribution in [0.4, 0.5) is 5.82 Å². The second kappa shape index (κ2) is 7.69. The average molecular weight is 307 g/mol. The van der Waals surface area contributed by atoms with Crippen molar-refractivity contribution in [2.75, 3.05) is 30.7 Å². The van der Waals surface area contributed by atoms with E-state index in [1.165, 1.54) is 0 Å². The molecular weight excluding hydrogens is 282 g/mol. The van der Waals surface area contributed by atoms with Crippen LogP contribution >= 0.6 is 11.8 Å². The molecule has 1 atom stereocenters. The summed E-state index contributed by atoms with van der Waals surface area (Å²) in [6.45, 7) is 8.85. The van der Waals surface area contributed by atoms with Crippen molar-refractivity contribution < 1.29 is 4.79 Å². The van der Waals surface area contributed by atoms with Crippen molar-refractivity contribution in [2.24, 2.45) is 0 Å². The lowest BCUT2D eigenvalue weighted by molar-refractivity contribution is 0.0763. The molecular formula is C16H25N3OS. The van der Waals surface area contributed by atoms with Gasteiger partial charge in [0.2, 0.25) is 0 Å². The zero-order valence-electron chi connectivity index (χ0n) is 13.2. The van der Waals surface area contributed by atoms with E-state index in [9.17, 15) is 4.79 Å². The lowest BCUT2D eigenvalue weighted by Gasteiger charge is -2.30. The van der Waals surface area contributed by atoms with Gasteiger partial charge in [0.1, 0.15) is 5.82 Å². The van der Waals surface area contributed by atoms with Crippen molar-refractivity contribution in [3.63, 3.8) is 0 Å². The van der Waals surface area contributed by atoms with Crippen LogP contribution in [0.1, 0.15) is 43.2 Å². The number of pyridine rings is 1. The molecule has 116 valence electrons. The Morgan fingerprint density at radius 1 is 1.48 bits per heavy atom. The number of carbonyl (C=O) groups is 1. The van der Waals surface area contributed by atoms with Gasteiger partial charge in [-0.2, -0.15) is 11.8 Å². The van der Waals surface area contributed by atoms with E-state index in [-0.39, 0.29) is 5.91 Å². The van der Waals surface area contributed by atoms with Gasteiger partial charge in [-0.15, -0.1) is 0 Å². The number of nitrogens with zero attached hydrogens (tertiary/aromatic N) is 2. The van der Waals surface area contributed by atoms with E-state index in [1.807, 2.05) is 35.7 Å². The minimum atomic E-state index is 0.140. The van der Waals surface area contributed by atoms with E-state index in [2.05, 4.69) is 24.1 Å². The van der Waals surface area contributed by atoms with Crippen LogP contribution in [-0.4, -0.2) is 46.4 Å². The summed E-state index contributed by atoms with van der Waals surface area (Å²) in [5, 5.41) is 3.75. The lowest BCUT2D eigenvalue weighted by Crippen LogP contribution is -2.41. The van der Waals surface area contributed by atoms with E-state index in [4.69, 9.17) is 0 Å². The molecule has 0 saturated carbocycles. The molecule has 0 aromatic carbocycles. The normalized spacial score (nSPS) is 18.6. The first-order valence-electron chi connectivity index (χ1n) is 7.79. The number of rotatable bonds is 5. The van der Waals surface area contributed by atoms with E-state index < -0.39 is 0 Å². The molecule has 1 N–H and O–H groups in total. The maximum atomic E-state index is 12.7. The number of aryl methyl sites for hydroxylation is 1. The lowest BCUT2D eigenvalue weighted by atomic mass is 10.1. The van der Waals surface area contributed by atoms with E-state index in [1.54, 1.807) is 0 Å². The Hall–Kier alpha value is -1.23. The third-order valence-electron chi connectivity index (χ3n) is 3.52. The number of amides is 1. The summed E-state index contributed by atoms with van der Waals surface area (Å²) in [4.78, 5) is 19.3. The van der Waals surface area contributed by atoms with Crippen LogP contribution in [-0.2, 0) is 6.42 Å². The highest BCUT2D eigenvalue weighted by molar-refractivity contribution is 7.99. The minimum absolute atomic E-state index is 0.140. The molecule has 1 aliphatic rings. The van der Waals surface area contributed by atoms with Gasteiger partial charge in [0.15, 0.2) is 0 Å². The molecule has 0 bridgehead atoms. The molecule has 21 heavy (non-hydrogen) atoms. The fourth-order valence-corrected chi connectivity index (χ4v) is 3.57. The Morgan fingerprint density at radius 2 is 2.29 bits per heavy atom. The second-order valence-corrected chi connectivity index (χ2v) is 6.99. The Bertz CT molecular complexity index is 468. The first-order valence-corrected chi connectivity index (χ1v) is 8.84. The maximum absolute atomic E-state index is 12.7. The number of thioether (sulfide) groups is 1. The molecule has 0 aliphatic carbocycles. The van der Waals surface area contributed by atoms with Crippen LogP contribution in [0.5, 0.6) is 0 Å². The number of anilines is 1. The number of hydrogen-bond acceptors (Lipinski definition) is 4. The van der Waals surface area contributed by atoms with E-state index in [0.717, 1.165) is 55.3 Å². The van der Waals surface area contributed by atoms with Gasteiger partial charge in [-0.05, 0) is 25.5 Å². The Balaban J connectivity index is 2.21. The average Bonchev–Trinajstić information content (AvgIpc) is 2.47. The topological polar surface area (TPSA) is 45.2 Å². The van der Waals surface area contributed by atoms with E-state index in [0.29, 0.717) is 5.25 Å². The molecule has 0 spiro atoms. The maximum Gasteiger partial charge on any atom is 0.254 e. The summed E-state index contributed by atoms with van der Waals surface area (Å²) in [5.41, 5.74) is 1.77. The number of carbonyl (C=O) groups excluding carboxylic acids is 1. The fourth-order valence-electron chi connectivity index (χ4n) is 2.55.